The van der Waals surface area contributed by atoms with Gasteiger partial charge >= 0.3 is 5.97 Å². The molecule has 2 heterocycles. The monoisotopic (exact) mass is 361 g/mol. The predicted octanol–water partition coefficient (Wildman–Crippen LogP) is 0.766. The summed E-state index contributed by atoms with van der Waals surface area (Å²) in [5.41, 5.74) is 1.93. The molecule has 9 heteroatoms. The van der Waals surface area contributed by atoms with Crippen LogP contribution in [-0.4, -0.2) is 68.2 Å². The summed E-state index contributed by atoms with van der Waals surface area (Å²) in [4.78, 5) is 27.1. The van der Waals surface area contributed by atoms with Crippen LogP contribution >= 0.6 is 11.8 Å². The lowest BCUT2D eigenvalue weighted by atomic mass is 10.1. The quantitative estimate of drug-likeness (QED) is 0.743. The van der Waals surface area contributed by atoms with E-state index in [9.17, 15) is 9.59 Å². The van der Waals surface area contributed by atoms with E-state index in [1.54, 1.807) is 4.90 Å². The highest BCUT2D eigenvalue weighted by molar-refractivity contribution is 8.00. The molecule has 1 aliphatic rings. The highest BCUT2D eigenvalue weighted by Crippen LogP contribution is 2.20. The van der Waals surface area contributed by atoms with Crippen molar-refractivity contribution in [1.29, 1.82) is 0 Å². The van der Waals surface area contributed by atoms with E-state index in [0.717, 1.165) is 11.1 Å². The van der Waals surface area contributed by atoms with Crippen molar-refractivity contribution in [3.8, 4) is 11.4 Å². The summed E-state index contributed by atoms with van der Waals surface area (Å²) in [6, 6.07) is 7.74. The molecular weight excluding hydrogens is 342 g/mol. The second-order valence-corrected chi connectivity index (χ2v) is 6.99. The first-order chi connectivity index (χ1) is 12.1. The minimum Gasteiger partial charge on any atom is -0.468 e. The smallest absolute Gasteiger partial charge is 0.320 e. The normalized spacial score (nSPS) is 17.4. The van der Waals surface area contributed by atoms with E-state index >= 15 is 0 Å². The van der Waals surface area contributed by atoms with Crippen LogP contribution in [0.2, 0.25) is 0 Å². The van der Waals surface area contributed by atoms with E-state index < -0.39 is 0 Å². The number of carbonyl (C=O) groups excluding carboxylic acids is 2. The number of ether oxygens (including phenoxy) is 1. The fourth-order valence-corrected chi connectivity index (χ4v) is 3.74. The molecule has 1 aromatic carbocycles. The average Bonchev–Trinajstić information content (AvgIpc) is 3.09. The summed E-state index contributed by atoms with van der Waals surface area (Å²) in [6.07, 6.45) is 0. The fourth-order valence-electron chi connectivity index (χ4n) is 2.61. The van der Waals surface area contributed by atoms with Crippen LogP contribution in [0.25, 0.3) is 11.4 Å². The summed E-state index contributed by atoms with van der Waals surface area (Å²) in [5.74, 6) is 0.754. The van der Waals surface area contributed by atoms with Crippen molar-refractivity contribution in [1.82, 2.24) is 25.1 Å². The van der Waals surface area contributed by atoms with E-state index in [1.165, 1.54) is 23.7 Å². The Hall–Kier alpha value is -2.42. The summed E-state index contributed by atoms with van der Waals surface area (Å²) in [7, 11) is 1.36. The van der Waals surface area contributed by atoms with Gasteiger partial charge in [-0.25, -0.2) is 0 Å². The number of amides is 1. The molecule has 132 valence electrons. The molecule has 1 fully saturated rings. The molecule has 0 N–H and O–H groups in total. The maximum absolute atomic E-state index is 12.5. The lowest BCUT2D eigenvalue weighted by Crippen LogP contribution is -2.46. The molecule has 0 aliphatic carbocycles. The molecule has 3 rings (SSSR count). The summed E-state index contributed by atoms with van der Waals surface area (Å²) in [5, 5.41) is 12.0. The summed E-state index contributed by atoms with van der Waals surface area (Å²) >= 11 is 1.51. The minimum atomic E-state index is -0.339. The van der Waals surface area contributed by atoms with Gasteiger partial charge in [-0.1, -0.05) is 24.3 Å². The third kappa shape index (κ3) is 3.98. The van der Waals surface area contributed by atoms with Crippen LogP contribution < -0.4 is 0 Å². The van der Waals surface area contributed by atoms with Crippen LogP contribution in [-0.2, 0) is 20.9 Å². The second-order valence-electron chi connectivity index (χ2n) is 5.68. The summed E-state index contributed by atoms with van der Waals surface area (Å²) in [6.45, 7) is 2.91. The number of aromatic nitrogens is 4. The predicted molar refractivity (Wildman–Crippen MR) is 92.8 cm³/mol. The third-order valence-corrected chi connectivity index (χ3v) is 5.16. The first-order valence-electron chi connectivity index (χ1n) is 7.89. The molecule has 8 nitrogen and oxygen atoms in total. The Morgan fingerprint density at radius 1 is 1.36 bits per heavy atom. The van der Waals surface area contributed by atoms with Gasteiger partial charge in [0.1, 0.15) is 11.8 Å². The molecule has 1 atom stereocenters. The number of carbonyl (C=O) groups is 2. The van der Waals surface area contributed by atoms with Gasteiger partial charge < -0.3 is 9.64 Å². The van der Waals surface area contributed by atoms with Crippen molar-refractivity contribution in [2.24, 2.45) is 0 Å². The van der Waals surface area contributed by atoms with E-state index in [2.05, 4.69) is 15.4 Å². The van der Waals surface area contributed by atoms with Crippen molar-refractivity contribution in [3.63, 3.8) is 0 Å². The Morgan fingerprint density at radius 2 is 2.16 bits per heavy atom. The molecule has 1 aliphatic heterocycles. The number of tetrazole rings is 1. The highest BCUT2D eigenvalue weighted by atomic mass is 32.2. The first-order valence-corrected chi connectivity index (χ1v) is 8.94. The largest absolute Gasteiger partial charge is 0.468 e. The molecule has 2 aromatic rings. The van der Waals surface area contributed by atoms with Gasteiger partial charge in [-0.05, 0) is 17.7 Å². The Balaban J connectivity index is 1.66. The fraction of sp³-hybridized carbons (Fsp3) is 0.438. The first kappa shape index (κ1) is 17.4. The van der Waals surface area contributed by atoms with E-state index in [0.29, 0.717) is 24.7 Å². The Labute approximate surface area is 149 Å². The molecule has 0 unspecified atom stereocenters. The standard InChI is InChI=1S/C16H19N5O3S/c1-11-5-3-4-6-12(11)15-17-19-21(18-15)10-14(22)20-7-8-25-13(9-20)16(23)24-2/h3-6,13H,7-10H2,1-2H3/t13-/m1/s1. The number of hydrogen-bond acceptors (Lipinski definition) is 7. The van der Waals surface area contributed by atoms with Crippen LogP contribution in [0.3, 0.4) is 0 Å². The molecule has 1 saturated heterocycles. The second kappa shape index (κ2) is 7.64. The SMILES string of the molecule is COC(=O)[C@H]1CN(C(=O)Cn2nnc(-c3ccccc3C)n2)CCS1. The third-order valence-electron chi connectivity index (χ3n) is 4.00. The summed E-state index contributed by atoms with van der Waals surface area (Å²) < 4.78 is 4.76. The maximum Gasteiger partial charge on any atom is 0.320 e. The van der Waals surface area contributed by atoms with Crippen molar-refractivity contribution in [3.05, 3.63) is 29.8 Å². The van der Waals surface area contributed by atoms with Gasteiger partial charge in [0.2, 0.25) is 11.7 Å². The number of benzene rings is 1. The van der Waals surface area contributed by atoms with Gasteiger partial charge in [0.05, 0.1) is 7.11 Å². The molecule has 25 heavy (non-hydrogen) atoms. The van der Waals surface area contributed by atoms with Gasteiger partial charge in [0, 0.05) is 24.4 Å². The molecule has 1 aromatic heterocycles. The molecule has 1 amide bonds. The number of rotatable bonds is 4. The van der Waals surface area contributed by atoms with Gasteiger partial charge in [0.25, 0.3) is 0 Å². The topological polar surface area (TPSA) is 90.2 Å². The van der Waals surface area contributed by atoms with Crippen LogP contribution in [0.4, 0.5) is 0 Å². The van der Waals surface area contributed by atoms with Gasteiger partial charge in [-0.3, -0.25) is 9.59 Å². The van der Waals surface area contributed by atoms with Crippen molar-refractivity contribution >= 4 is 23.6 Å². The maximum atomic E-state index is 12.5. The Kier molecular flexibility index (Phi) is 5.32. The van der Waals surface area contributed by atoms with Gasteiger partial charge in [0.15, 0.2) is 0 Å². The zero-order valence-electron chi connectivity index (χ0n) is 14.1. The number of aryl methyl sites for hydroxylation is 1. The highest BCUT2D eigenvalue weighted by Gasteiger charge is 2.30. The number of esters is 1. The van der Waals surface area contributed by atoms with E-state index in [-0.39, 0.29) is 23.7 Å². The average molecular weight is 361 g/mol. The number of methoxy groups -OCH3 is 1. The Morgan fingerprint density at radius 3 is 2.92 bits per heavy atom. The van der Waals surface area contributed by atoms with Crippen LogP contribution in [0, 0.1) is 6.92 Å². The van der Waals surface area contributed by atoms with Crippen molar-refractivity contribution < 1.29 is 14.3 Å². The molecule has 0 radical (unpaired) electrons. The molecular formula is C16H19N5O3S. The molecule has 0 spiro atoms. The zero-order chi connectivity index (χ0) is 17.8. The minimum absolute atomic E-state index is 0.00254. The molecule has 0 bridgehead atoms. The van der Waals surface area contributed by atoms with Crippen molar-refractivity contribution in [2.45, 2.75) is 18.7 Å². The van der Waals surface area contributed by atoms with E-state index in [1.807, 2.05) is 31.2 Å². The number of nitrogens with zero attached hydrogens (tertiary/aromatic N) is 5. The van der Waals surface area contributed by atoms with Gasteiger partial charge in [-0.2, -0.15) is 4.80 Å². The van der Waals surface area contributed by atoms with Crippen molar-refractivity contribution in [2.75, 3.05) is 26.0 Å². The van der Waals surface area contributed by atoms with Crippen LogP contribution in [0.1, 0.15) is 5.56 Å². The lowest BCUT2D eigenvalue weighted by molar-refractivity contribution is -0.141. The van der Waals surface area contributed by atoms with Crippen LogP contribution in [0.5, 0.6) is 0 Å². The zero-order valence-corrected chi connectivity index (χ0v) is 14.9. The Bertz CT molecular complexity index is 779. The van der Waals surface area contributed by atoms with E-state index in [4.69, 9.17) is 4.74 Å². The lowest BCUT2D eigenvalue weighted by Gasteiger charge is -2.30. The number of thioether (sulfide) groups is 1. The number of hydrogen-bond donors (Lipinski definition) is 0. The van der Waals surface area contributed by atoms with Gasteiger partial charge in [-0.15, -0.1) is 22.0 Å². The molecule has 0 saturated carbocycles. The van der Waals surface area contributed by atoms with Crippen LogP contribution in [0.15, 0.2) is 24.3 Å².